The summed E-state index contributed by atoms with van der Waals surface area (Å²) in [5, 5.41) is 3.58. The Balaban J connectivity index is 3.54. The molecule has 0 aromatic carbocycles. The molecule has 2 heteroatoms. The molecule has 0 aromatic rings. The summed E-state index contributed by atoms with van der Waals surface area (Å²) in [7, 11) is 0. The van der Waals surface area contributed by atoms with E-state index >= 15 is 0 Å². The van der Waals surface area contributed by atoms with Gasteiger partial charge in [-0.05, 0) is 31.6 Å². The fourth-order valence-corrected chi connectivity index (χ4v) is 1.99. The fourth-order valence-electron chi connectivity index (χ4n) is 1.33. The van der Waals surface area contributed by atoms with Crippen molar-refractivity contribution in [1.82, 2.24) is 5.32 Å². The highest BCUT2D eigenvalue weighted by Gasteiger charge is 2.08. The molecule has 12 heavy (non-hydrogen) atoms. The quantitative estimate of drug-likeness (QED) is 0.661. The minimum Gasteiger partial charge on any atom is -0.313 e. The molecule has 0 aliphatic heterocycles. The first-order chi connectivity index (χ1) is 5.70. The summed E-state index contributed by atoms with van der Waals surface area (Å²) >= 11 is 1.94. The lowest BCUT2D eigenvalue weighted by Crippen LogP contribution is -2.33. The molecule has 1 N–H and O–H groups in total. The second-order valence-electron chi connectivity index (χ2n) is 3.74. The molecule has 0 aliphatic carbocycles. The number of thioether (sulfide) groups is 1. The van der Waals surface area contributed by atoms with Gasteiger partial charge in [-0.3, -0.25) is 0 Å². The smallest absolute Gasteiger partial charge is 0.0160 e. The van der Waals surface area contributed by atoms with Crippen molar-refractivity contribution in [3.63, 3.8) is 0 Å². The summed E-state index contributed by atoms with van der Waals surface area (Å²) in [6.45, 7) is 7.97. The first-order valence-corrected chi connectivity index (χ1v) is 6.32. The number of hydrogen-bond acceptors (Lipinski definition) is 2. The van der Waals surface area contributed by atoms with Crippen LogP contribution in [0.25, 0.3) is 0 Å². The van der Waals surface area contributed by atoms with Crippen LogP contribution < -0.4 is 5.32 Å². The van der Waals surface area contributed by atoms with E-state index in [2.05, 4.69) is 32.3 Å². The predicted molar refractivity (Wildman–Crippen MR) is 59.9 cm³/mol. The summed E-state index contributed by atoms with van der Waals surface area (Å²) in [5.41, 5.74) is 0. The first-order valence-electron chi connectivity index (χ1n) is 4.93. The van der Waals surface area contributed by atoms with Gasteiger partial charge in [0.1, 0.15) is 0 Å². The van der Waals surface area contributed by atoms with Crippen LogP contribution in [0.1, 0.15) is 33.6 Å². The van der Waals surface area contributed by atoms with Crippen molar-refractivity contribution in [1.29, 1.82) is 0 Å². The molecule has 1 atom stereocenters. The maximum absolute atomic E-state index is 3.58. The molecular formula is C10H23NS. The van der Waals surface area contributed by atoms with Gasteiger partial charge >= 0.3 is 0 Å². The van der Waals surface area contributed by atoms with E-state index in [-0.39, 0.29) is 0 Å². The molecule has 0 radical (unpaired) electrons. The number of nitrogens with one attached hydrogen (secondary N) is 1. The maximum Gasteiger partial charge on any atom is 0.0160 e. The largest absolute Gasteiger partial charge is 0.313 e. The summed E-state index contributed by atoms with van der Waals surface area (Å²) in [4.78, 5) is 0. The Morgan fingerprint density at radius 1 is 1.33 bits per heavy atom. The maximum atomic E-state index is 3.58. The summed E-state index contributed by atoms with van der Waals surface area (Å²) in [6, 6.07) is 0.722. The standard InChI is InChI=1S/C10H23NS/c1-5-6-11-10(8-12-4)7-9(2)3/h9-11H,5-8H2,1-4H3. The molecule has 0 fully saturated rings. The normalized spacial score (nSPS) is 13.8. The van der Waals surface area contributed by atoms with Gasteiger partial charge in [-0.2, -0.15) is 11.8 Å². The van der Waals surface area contributed by atoms with Crippen LogP contribution in [0.2, 0.25) is 0 Å². The molecule has 0 aliphatic rings. The third-order valence-corrected chi connectivity index (χ3v) is 2.54. The Morgan fingerprint density at radius 3 is 2.42 bits per heavy atom. The average molecular weight is 189 g/mol. The molecule has 0 aromatic heterocycles. The molecule has 0 saturated carbocycles. The van der Waals surface area contributed by atoms with Crippen LogP contribution in [0.5, 0.6) is 0 Å². The van der Waals surface area contributed by atoms with E-state index in [9.17, 15) is 0 Å². The van der Waals surface area contributed by atoms with Crippen molar-refractivity contribution in [3.05, 3.63) is 0 Å². The molecule has 0 heterocycles. The highest BCUT2D eigenvalue weighted by molar-refractivity contribution is 7.98. The van der Waals surface area contributed by atoms with Crippen LogP contribution in [0.15, 0.2) is 0 Å². The van der Waals surface area contributed by atoms with Crippen LogP contribution in [-0.2, 0) is 0 Å². The van der Waals surface area contributed by atoms with Crippen molar-refractivity contribution in [2.75, 3.05) is 18.6 Å². The van der Waals surface area contributed by atoms with Gasteiger partial charge in [0, 0.05) is 11.8 Å². The van der Waals surface area contributed by atoms with Crippen molar-refractivity contribution in [3.8, 4) is 0 Å². The molecule has 0 bridgehead atoms. The number of rotatable bonds is 7. The molecule has 0 amide bonds. The molecular weight excluding hydrogens is 166 g/mol. The minimum absolute atomic E-state index is 0.722. The first kappa shape index (κ1) is 12.3. The van der Waals surface area contributed by atoms with E-state index in [1.165, 1.54) is 18.6 Å². The average Bonchev–Trinajstić information content (AvgIpc) is 2.00. The Morgan fingerprint density at radius 2 is 2.00 bits per heavy atom. The number of hydrogen-bond donors (Lipinski definition) is 1. The van der Waals surface area contributed by atoms with Crippen LogP contribution in [0, 0.1) is 5.92 Å². The van der Waals surface area contributed by atoms with E-state index in [4.69, 9.17) is 0 Å². The van der Waals surface area contributed by atoms with Gasteiger partial charge in [-0.1, -0.05) is 20.8 Å². The summed E-state index contributed by atoms with van der Waals surface area (Å²) in [6.07, 6.45) is 4.73. The summed E-state index contributed by atoms with van der Waals surface area (Å²) < 4.78 is 0. The Hall–Kier alpha value is 0.310. The van der Waals surface area contributed by atoms with Crippen molar-refractivity contribution >= 4 is 11.8 Å². The van der Waals surface area contributed by atoms with Crippen molar-refractivity contribution < 1.29 is 0 Å². The molecule has 1 nitrogen and oxygen atoms in total. The third-order valence-electron chi connectivity index (χ3n) is 1.81. The summed E-state index contributed by atoms with van der Waals surface area (Å²) in [5.74, 6) is 2.06. The Bertz CT molecular complexity index is 93.8. The monoisotopic (exact) mass is 189 g/mol. The SMILES string of the molecule is CCCNC(CSC)CC(C)C. The zero-order valence-electron chi connectivity index (χ0n) is 8.89. The van der Waals surface area contributed by atoms with E-state index < -0.39 is 0 Å². The van der Waals surface area contributed by atoms with Gasteiger partial charge in [0.05, 0.1) is 0 Å². The zero-order valence-corrected chi connectivity index (χ0v) is 9.71. The molecule has 0 spiro atoms. The molecule has 0 rings (SSSR count). The van der Waals surface area contributed by atoms with Crippen LogP contribution in [0.4, 0.5) is 0 Å². The van der Waals surface area contributed by atoms with Crippen molar-refractivity contribution in [2.45, 2.75) is 39.7 Å². The lowest BCUT2D eigenvalue weighted by Gasteiger charge is -2.19. The highest BCUT2D eigenvalue weighted by atomic mass is 32.2. The van der Waals surface area contributed by atoms with E-state index in [0.29, 0.717) is 0 Å². The topological polar surface area (TPSA) is 12.0 Å². The molecule has 74 valence electrons. The van der Waals surface area contributed by atoms with E-state index in [1.54, 1.807) is 0 Å². The highest BCUT2D eigenvalue weighted by Crippen LogP contribution is 2.08. The van der Waals surface area contributed by atoms with E-state index in [1.807, 2.05) is 11.8 Å². The van der Waals surface area contributed by atoms with Crippen LogP contribution in [0.3, 0.4) is 0 Å². The lowest BCUT2D eigenvalue weighted by molar-refractivity contribution is 0.448. The molecule has 1 unspecified atom stereocenters. The lowest BCUT2D eigenvalue weighted by atomic mass is 10.1. The Kier molecular flexibility index (Phi) is 8.14. The van der Waals surface area contributed by atoms with Gasteiger partial charge in [0.2, 0.25) is 0 Å². The molecule has 0 saturated heterocycles. The third kappa shape index (κ3) is 6.99. The van der Waals surface area contributed by atoms with Gasteiger partial charge in [0.15, 0.2) is 0 Å². The Labute approximate surface area is 81.7 Å². The van der Waals surface area contributed by atoms with Gasteiger partial charge in [0.25, 0.3) is 0 Å². The fraction of sp³-hybridized carbons (Fsp3) is 1.00. The van der Waals surface area contributed by atoms with E-state index in [0.717, 1.165) is 18.5 Å². The predicted octanol–water partition coefficient (Wildman–Crippen LogP) is 2.76. The van der Waals surface area contributed by atoms with Gasteiger partial charge in [-0.25, -0.2) is 0 Å². The second kappa shape index (κ2) is 7.93. The van der Waals surface area contributed by atoms with Gasteiger partial charge in [-0.15, -0.1) is 0 Å². The van der Waals surface area contributed by atoms with Crippen molar-refractivity contribution in [2.24, 2.45) is 5.92 Å². The van der Waals surface area contributed by atoms with Crippen LogP contribution in [-0.4, -0.2) is 24.6 Å². The minimum atomic E-state index is 0.722. The zero-order chi connectivity index (χ0) is 9.40. The second-order valence-corrected chi connectivity index (χ2v) is 4.65. The van der Waals surface area contributed by atoms with Gasteiger partial charge < -0.3 is 5.32 Å². The van der Waals surface area contributed by atoms with Crippen LogP contribution >= 0.6 is 11.8 Å².